The molecule has 98 valence electrons. The Morgan fingerprint density at radius 1 is 1.18 bits per heavy atom. The molecule has 2 atom stereocenters. The maximum Gasteiger partial charge on any atom is 0.416 e. The van der Waals surface area contributed by atoms with E-state index in [-0.39, 0.29) is 23.7 Å². The second-order valence-corrected chi connectivity index (χ2v) is 3.26. The number of nitrogens with two attached hydrogens (primary N) is 1. The fraction of sp³-hybridized carbons (Fsp3) is 0.333. The zero-order valence-electron chi connectivity index (χ0n) is 8.35. The van der Waals surface area contributed by atoms with Gasteiger partial charge < -0.3 is 21.1 Å². The molecule has 1 rings (SSSR count). The minimum atomic E-state index is -4.87. The fourth-order valence-corrected chi connectivity index (χ4v) is 1.19. The number of aliphatic hydroxyl groups is 1. The lowest BCUT2D eigenvalue weighted by molar-refractivity contribution is -0.210. The number of phenolic OH excluding ortho intramolecular Hbond substituents is 2. The Balaban J connectivity index is 0.00000256. The topological polar surface area (TPSA) is 86.7 Å². The molecule has 0 fully saturated rings. The molecule has 1 aromatic rings. The van der Waals surface area contributed by atoms with Crippen molar-refractivity contribution in [3.8, 4) is 11.5 Å². The highest BCUT2D eigenvalue weighted by molar-refractivity contribution is 5.85. The number of hydrogen-bond donors (Lipinski definition) is 4. The monoisotopic (exact) mass is 273 g/mol. The van der Waals surface area contributed by atoms with Gasteiger partial charge in [-0.2, -0.15) is 13.2 Å². The summed E-state index contributed by atoms with van der Waals surface area (Å²) in [5, 5.41) is 27.1. The van der Waals surface area contributed by atoms with Crippen molar-refractivity contribution in [2.24, 2.45) is 5.73 Å². The van der Waals surface area contributed by atoms with Gasteiger partial charge in [-0.3, -0.25) is 0 Å². The predicted octanol–water partition coefficient (Wildman–Crippen LogP) is 1.44. The Hall–Kier alpha value is -1.18. The van der Waals surface area contributed by atoms with Crippen LogP contribution < -0.4 is 5.73 Å². The highest BCUT2D eigenvalue weighted by atomic mass is 35.5. The standard InChI is InChI=1S/C9H10F3NO3.ClH/c10-9(11,12)8(16)7(13)5-2-1-4(14)3-6(5)15;/h1-3,7-8,14-16H,13H2;1H/t7-,8-;/m1./s1. The first-order chi connectivity index (χ1) is 7.23. The van der Waals surface area contributed by atoms with Crippen molar-refractivity contribution in [2.45, 2.75) is 18.3 Å². The summed E-state index contributed by atoms with van der Waals surface area (Å²) in [6.07, 6.45) is -7.65. The summed E-state index contributed by atoms with van der Waals surface area (Å²) in [6.45, 7) is 0. The van der Waals surface area contributed by atoms with Gasteiger partial charge in [0.2, 0.25) is 0 Å². The Kier molecular flexibility index (Phi) is 5.06. The Labute approximate surface area is 101 Å². The second-order valence-electron chi connectivity index (χ2n) is 3.26. The lowest BCUT2D eigenvalue weighted by atomic mass is 10.0. The van der Waals surface area contributed by atoms with E-state index in [1.807, 2.05) is 0 Å². The zero-order valence-corrected chi connectivity index (χ0v) is 9.16. The molecule has 0 aliphatic carbocycles. The van der Waals surface area contributed by atoms with Crippen LogP contribution in [0.5, 0.6) is 11.5 Å². The van der Waals surface area contributed by atoms with Crippen LogP contribution in [0.2, 0.25) is 0 Å². The molecule has 8 heteroatoms. The van der Waals surface area contributed by atoms with Crippen LogP contribution in [0.25, 0.3) is 0 Å². The fourth-order valence-electron chi connectivity index (χ4n) is 1.19. The van der Waals surface area contributed by atoms with Crippen LogP contribution >= 0.6 is 12.4 Å². The normalized spacial score (nSPS) is 14.9. The van der Waals surface area contributed by atoms with E-state index in [0.29, 0.717) is 0 Å². The lowest BCUT2D eigenvalue weighted by Gasteiger charge is -2.22. The van der Waals surface area contributed by atoms with Crippen LogP contribution in [0.3, 0.4) is 0 Å². The number of rotatable bonds is 2. The van der Waals surface area contributed by atoms with Gasteiger partial charge in [0, 0.05) is 11.6 Å². The minimum Gasteiger partial charge on any atom is -0.508 e. The number of phenols is 2. The third kappa shape index (κ3) is 3.65. The van der Waals surface area contributed by atoms with E-state index in [1.165, 1.54) is 0 Å². The molecule has 0 saturated carbocycles. The first kappa shape index (κ1) is 15.8. The first-order valence-corrected chi connectivity index (χ1v) is 4.25. The van der Waals surface area contributed by atoms with E-state index in [2.05, 4.69) is 0 Å². The summed E-state index contributed by atoms with van der Waals surface area (Å²) in [4.78, 5) is 0. The van der Waals surface area contributed by atoms with Crippen LogP contribution in [0.15, 0.2) is 18.2 Å². The Morgan fingerprint density at radius 2 is 1.71 bits per heavy atom. The number of hydrogen-bond acceptors (Lipinski definition) is 4. The minimum absolute atomic E-state index is 0. The van der Waals surface area contributed by atoms with E-state index >= 15 is 0 Å². The molecule has 0 aromatic heterocycles. The van der Waals surface area contributed by atoms with E-state index in [4.69, 9.17) is 15.9 Å². The Morgan fingerprint density at radius 3 is 2.12 bits per heavy atom. The predicted molar refractivity (Wildman–Crippen MR) is 56.0 cm³/mol. The molecule has 0 aliphatic rings. The average molecular weight is 274 g/mol. The quantitative estimate of drug-likeness (QED) is 0.657. The molecule has 5 N–H and O–H groups in total. The van der Waals surface area contributed by atoms with Crippen LogP contribution in [-0.4, -0.2) is 27.6 Å². The van der Waals surface area contributed by atoms with Crippen molar-refractivity contribution < 1.29 is 28.5 Å². The summed E-state index contributed by atoms with van der Waals surface area (Å²) in [5.74, 6) is -0.911. The van der Waals surface area contributed by atoms with Gasteiger partial charge in [0.25, 0.3) is 0 Å². The maximum absolute atomic E-state index is 12.1. The SMILES string of the molecule is Cl.N[C@H](c1ccc(O)cc1O)[C@@H](O)C(F)(F)F. The van der Waals surface area contributed by atoms with Gasteiger partial charge in [-0.15, -0.1) is 12.4 Å². The van der Waals surface area contributed by atoms with Gasteiger partial charge in [0.15, 0.2) is 6.10 Å². The number of alkyl halides is 3. The van der Waals surface area contributed by atoms with Gasteiger partial charge in [0.1, 0.15) is 11.5 Å². The molecule has 0 bridgehead atoms. The van der Waals surface area contributed by atoms with Crippen molar-refractivity contribution in [1.29, 1.82) is 0 Å². The van der Waals surface area contributed by atoms with Gasteiger partial charge >= 0.3 is 6.18 Å². The maximum atomic E-state index is 12.1. The molecular weight excluding hydrogens is 263 g/mol. The van der Waals surface area contributed by atoms with Crippen molar-refractivity contribution >= 4 is 12.4 Å². The van der Waals surface area contributed by atoms with Crippen LogP contribution in [0, 0.1) is 0 Å². The first-order valence-electron chi connectivity index (χ1n) is 4.25. The van der Waals surface area contributed by atoms with E-state index in [9.17, 15) is 18.3 Å². The number of benzene rings is 1. The van der Waals surface area contributed by atoms with Crippen LogP contribution in [-0.2, 0) is 0 Å². The number of aromatic hydroxyl groups is 2. The van der Waals surface area contributed by atoms with E-state index in [0.717, 1.165) is 18.2 Å². The van der Waals surface area contributed by atoms with Crippen molar-refractivity contribution in [3.63, 3.8) is 0 Å². The van der Waals surface area contributed by atoms with Crippen LogP contribution in [0.1, 0.15) is 11.6 Å². The summed E-state index contributed by atoms with van der Waals surface area (Å²) in [5.41, 5.74) is 4.87. The largest absolute Gasteiger partial charge is 0.508 e. The lowest BCUT2D eigenvalue weighted by Crippen LogP contribution is -2.38. The van der Waals surface area contributed by atoms with Gasteiger partial charge in [-0.1, -0.05) is 0 Å². The van der Waals surface area contributed by atoms with Gasteiger partial charge in [0.05, 0.1) is 6.04 Å². The molecule has 0 amide bonds. The highest BCUT2D eigenvalue weighted by Gasteiger charge is 2.43. The van der Waals surface area contributed by atoms with Crippen molar-refractivity contribution in [1.82, 2.24) is 0 Å². The summed E-state index contributed by atoms with van der Waals surface area (Å²) in [6, 6.07) is 1.13. The zero-order chi connectivity index (χ0) is 12.5. The third-order valence-electron chi connectivity index (χ3n) is 2.05. The number of aliphatic hydroxyl groups excluding tert-OH is 1. The molecule has 4 nitrogen and oxygen atoms in total. The molecular formula is C9H11ClF3NO3. The van der Waals surface area contributed by atoms with Gasteiger partial charge in [-0.25, -0.2) is 0 Å². The molecule has 0 spiro atoms. The second kappa shape index (κ2) is 5.44. The summed E-state index contributed by atoms with van der Waals surface area (Å²) >= 11 is 0. The molecule has 0 saturated heterocycles. The molecule has 0 aliphatic heterocycles. The molecule has 0 unspecified atom stereocenters. The third-order valence-corrected chi connectivity index (χ3v) is 2.05. The van der Waals surface area contributed by atoms with E-state index in [1.54, 1.807) is 0 Å². The Bertz CT molecular complexity index is 386. The van der Waals surface area contributed by atoms with Crippen molar-refractivity contribution in [3.05, 3.63) is 23.8 Å². The average Bonchev–Trinajstić information content (AvgIpc) is 2.14. The molecule has 0 radical (unpaired) electrons. The van der Waals surface area contributed by atoms with Gasteiger partial charge in [-0.05, 0) is 12.1 Å². The van der Waals surface area contributed by atoms with Crippen LogP contribution in [0.4, 0.5) is 13.2 Å². The molecule has 17 heavy (non-hydrogen) atoms. The smallest absolute Gasteiger partial charge is 0.416 e. The molecule has 0 heterocycles. The summed E-state index contributed by atoms with van der Waals surface area (Å²) < 4.78 is 36.4. The van der Waals surface area contributed by atoms with Crippen molar-refractivity contribution in [2.75, 3.05) is 0 Å². The number of halogens is 4. The highest BCUT2D eigenvalue weighted by Crippen LogP contribution is 2.33. The summed E-state index contributed by atoms with van der Waals surface area (Å²) in [7, 11) is 0. The molecule has 1 aromatic carbocycles. The van der Waals surface area contributed by atoms with E-state index < -0.39 is 24.1 Å².